The smallest absolute Gasteiger partial charge is 0.323 e. The van der Waals surface area contributed by atoms with E-state index in [0.29, 0.717) is 28.6 Å². The van der Waals surface area contributed by atoms with Gasteiger partial charge in [0.25, 0.3) is 0 Å². The molecule has 218 valence electrons. The molecule has 1 saturated heterocycles. The summed E-state index contributed by atoms with van der Waals surface area (Å²) in [7, 11) is 1.59. The van der Waals surface area contributed by atoms with Crippen molar-refractivity contribution < 1.29 is 19.0 Å². The molecule has 5 rings (SSSR count). The summed E-state index contributed by atoms with van der Waals surface area (Å²) in [6.07, 6.45) is 5.88. The Morgan fingerprint density at radius 1 is 0.952 bits per heavy atom. The average molecular weight is 567 g/mol. The summed E-state index contributed by atoms with van der Waals surface area (Å²) in [5.41, 5.74) is 3.13. The number of anilines is 2. The van der Waals surface area contributed by atoms with Crippen molar-refractivity contribution >= 4 is 34.3 Å². The largest absolute Gasteiger partial charge is 0.495 e. The zero-order valence-electron chi connectivity index (χ0n) is 24.6. The second-order valence-corrected chi connectivity index (χ2v) is 11.2. The number of hydrogen-bond acceptors (Lipinski definition) is 6. The summed E-state index contributed by atoms with van der Waals surface area (Å²) in [6, 6.07) is 20.8. The first-order valence-corrected chi connectivity index (χ1v) is 14.2. The van der Waals surface area contributed by atoms with E-state index in [1.165, 1.54) is 0 Å². The molecule has 2 amide bonds. The summed E-state index contributed by atoms with van der Waals surface area (Å²) < 4.78 is 17.2. The number of ether oxygens (including phenoxy) is 3. The third-order valence-corrected chi connectivity index (χ3v) is 7.18. The number of carbonyl (C=O) groups excluding carboxylic acids is 1. The van der Waals surface area contributed by atoms with Gasteiger partial charge in [-0.05, 0) is 47.4 Å². The highest BCUT2D eigenvalue weighted by Gasteiger charge is 2.18. The Kier molecular flexibility index (Phi) is 9.05. The molecule has 0 bridgehead atoms. The molecule has 0 atom stereocenters. The van der Waals surface area contributed by atoms with Crippen molar-refractivity contribution in [3.63, 3.8) is 0 Å². The summed E-state index contributed by atoms with van der Waals surface area (Å²) in [5.74, 6) is 1.97. The van der Waals surface area contributed by atoms with Gasteiger partial charge in [-0.15, -0.1) is 0 Å². The topological polar surface area (TPSA) is 85.0 Å². The van der Waals surface area contributed by atoms with E-state index in [4.69, 9.17) is 14.2 Å². The number of nitrogens with zero attached hydrogens (tertiary/aromatic N) is 2. The van der Waals surface area contributed by atoms with Gasteiger partial charge in [-0.2, -0.15) is 0 Å². The Balaban J connectivity index is 1.31. The second kappa shape index (κ2) is 13.1. The Hall–Kier alpha value is -4.40. The van der Waals surface area contributed by atoms with Crippen LogP contribution in [-0.2, 0) is 10.2 Å². The summed E-state index contributed by atoms with van der Waals surface area (Å²) in [6.45, 7) is 10.7. The fraction of sp³-hybridized carbons (Fsp3) is 0.294. The zero-order valence-corrected chi connectivity index (χ0v) is 24.6. The average Bonchev–Trinajstić information content (AvgIpc) is 2.99. The van der Waals surface area contributed by atoms with Gasteiger partial charge in [-0.3, -0.25) is 9.88 Å². The first kappa shape index (κ1) is 29.1. The quantitative estimate of drug-likeness (QED) is 0.232. The molecule has 2 heterocycles. The molecule has 8 heteroatoms. The van der Waals surface area contributed by atoms with Gasteiger partial charge in [0.1, 0.15) is 17.2 Å². The highest BCUT2D eigenvalue weighted by atomic mass is 16.5. The van der Waals surface area contributed by atoms with Gasteiger partial charge in [-0.25, -0.2) is 4.79 Å². The number of rotatable bonds is 8. The van der Waals surface area contributed by atoms with Crippen LogP contribution in [-0.4, -0.2) is 55.9 Å². The number of amides is 2. The van der Waals surface area contributed by atoms with Crippen molar-refractivity contribution in [1.29, 1.82) is 0 Å². The van der Waals surface area contributed by atoms with Gasteiger partial charge in [0.05, 0.1) is 37.4 Å². The van der Waals surface area contributed by atoms with Crippen molar-refractivity contribution in [2.45, 2.75) is 26.2 Å². The van der Waals surface area contributed by atoms with Crippen LogP contribution in [0, 0.1) is 0 Å². The van der Waals surface area contributed by atoms with Crippen LogP contribution in [0.1, 0.15) is 32.0 Å². The van der Waals surface area contributed by atoms with Crippen molar-refractivity contribution in [3.8, 4) is 17.2 Å². The second-order valence-electron chi connectivity index (χ2n) is 11.2. The predicted octanol–water partition coefficient (Wildman–Crippen LogP) is 7.32. The van der Waals surface area contributed by atoms with Crippen LogP contribution >= 0.6 is 0 Å². The van der Waals surface area contributed by atoms with Crippen LogP contribution in [0.4, 0.5) is 16.2 Å². The van der Waals surface area contributed by atoms with Crippen LogP contribution in [0.15, 0.2) is 79.0 Å². The number of morpholine rings is 1. The molecular weight excluding hydrogens is 528 g/mol. The molecule has 2 N–H and O–H groups in total. The third kappa shape index (κ3) is 7.26. The van der Waals surface area contributed by atoms with E-state index in [1.807, 2.05) is 72.8 Å². The lowest BCUT2D eigenvalue weighted by Gasteiger charge is -2.25. The fourth-order valence-corrected chi connectivity index (χ4v) is 4.83. The van der Waals surface area contributed by atoms with Gasteiger partial charge in [0, 0.05) is 42.7 Å². The molecule has 42 heavy (non-hydrogen) atoms. The maximum atomic E-state index is 13.1. The Bertz CT molecular complexity index is 1570. The van der Waals surface area contributed by atoms with Crippen LogP contribution in [0.3, 0.4) is 0 Å². The molecule has 0 aliphatic carbocycles. The molecule has 1 aliphatic heterocycles. The molecule has 0 spiro atoms. The molecule has 8 nitrogen and oxygen atoms in total. The molecule has 1 fully saturated rings. The summed E-state index contributed by atoms with van der Waals surface area (Å²) in [4.78, 5) is 19.9. The molecule has 1 aromatic heterocycles. The molecule has 1 aliphatic rings. The van der Waals surface area contributed by atoms with Crippen LogP contribution < -0.4 is 20.1 Å². The van der Waals surface area contributed by atoms with Gasteiger partial charge in [0.15, 0.2) is 0 Å². The van der Waals surface area contributed by atoms with E-state index in [1.54, 1.807) is 13.3 Å². The van der Waals surface area contributed by atoms with Crippen molar-refractivity contribution in [3.05, 3.63) is 90.3 Å². The van der Waals surface area contributed by atoms with Gasteiger partial charge >= 0.3 is 6.03 Å². The Morgan fingerprint density at radius 3 is 2.45 bits per heavy atom. The molecule has 3 aromatic carbocycles. The van der Waals surface area contributed by atoms with E-state index in [0.717, 1.165) is 54.9 Å². The van der Waals surface area contributed by atoms with E-state index in [-0.39, 0.29) is 11.4 Å². The Labute approximate surface area is 247 Å². The Morgan fingerprint density at radius 2 is 1.69 bits per heavy atom. The third-order valence-electron chi connectivity index (χ3n) is 7.18. The molecule has 0 unspecified atom stereocenters. The van der Waals surface area contributed by atoms with Crippen molar-refractivity contribution in [1.82, 2.24) is 9.88 Å². The highest BCUT2D eigenvalue weighted by molar-refractivity contribution is 6.08. The van der Waals surface area contributed by atoms with Gasteiger partial charge in [-0.1, -0.05) is 57.2 Å². The number of pyridine rings is 1. The lowest BCUT2D eigenvalue weighted by Crippen LogP contribution is -2.36. The number of methoxy groups -OCH3 is 1. The minimum atomic E-state index is -0.360. The lowest BCUT2D eigenvalue weighted by molar-refractivity contribution is 0.0435. The maximum absolute atomic E-state index is 13.1. The number of fused-ring (bicyclic) bond motifs is 1. The van der Waals surface area contributed by atoms with Crippen LogP contribution in [0.5, 0.6) is 17.2 Å². The number of hydrogen-bond donors (Lipinski definition) is 2. The number of aromatic nitrogens is 1. The van der Waals surface area contributed by atoms with Crippen molar-refractivity contribution in [2.75, 3.05) is 50.6 Å². The number of nitrogens with one attached hydrogen (secondary N) is 2. The summed E-state index contributed by atoms with van der Waals surface area (Å²) >= 11 is 0. The van der Waals surface area contributed by atoms with E-state index < -0.39 is 0 Å². The fourth-order valence-electron chi connectivity index (χ4n) is 4.83. The monoisotopic (exact) mass is 566 g/mol. The first-order valence-electron chi connectivity index (χ1n) is 14.2. The SMILES string of the molecule is COc1ccc(C(C)(C)C)cc1NC(=O)Nc1ccc(Oc2ccnc(C=CCN3CCOCC3)c2)c2ccccc12. The molecule has 0 saturated carbocycles. The molecule has 4 aromatic rings. The first-order chi connectivity index (χ1) is 20.3. The summed E-state index contributed by atoms with van der Waals surface area (Å²) in [5, 5.41) is 7.70. The normalized spacial score (nSPS) is 14.2. The van der Waals surface area contributed by atoms with Gasteiger partial charge < -0.3 is 24.8 Å². The standard InChI is InChI=1S/C34H38N4O4/c1-34(2,3)24-11-13-32(40-4)30(22-24)37-33(39)36-29-12-14-31(28-10-6-5-9-27(28)29)42-26-15-16-35-25(23-26)8-7-17-38-18-20-41-21-19-38/h5-16,22-23H,17-21H2,1-4H3,(H2,36,37,39). The minimum absolute atomic E-state index is 0.0695. The number of carbonyl (C=O) groups is 1. The molecular formula is C34H38N4O4. The van der Waals surface area contributed by atoms with E-state index >= 15 is 0 Å². The molecule has 0 radical (unpaired) electrons. The zero-order chi connectivity index (χ0) is 29.5. The number of urea groups is 1. The number of benzene rings is 3. The maximum Gasteiger partial charge on any atom is 0.323 e. The van der Waals surface area contributed by atoms with Crippen LogP contribution in [0.2, 0.25) is 0 Å². The minimum Gasteiger partial charge on any atom is -0.495 e. The van der Waals surface area contributed by atoms with E-state index in [2.05, 4.69) is 47.4 Å². The predicted molar refractivity (Wildman–Crippen MR) is 169 cm³/mol. The van der Waals surface area contributed by atoms with Gasteiger partial charge in [0.2, 0.25) is 0 Å². The van der Waals surface area contributed by atoms with Crippen molar-refractivity contribution in [2.24, 2.45) is 0 Å². The lowest BCUT2D eigenvalue weighted by atomic mass is 9.87. The highest BCUT2D eigenvalue weighted by Crippen LogP contribution is 2.35. The van der Waals surface area contributed by atoms with Crippen LogP contribution in [0.25, 0.3) is 16.8 Å². The van der Waals surface area contributed by atoms with E-state index in [9.17, 15) is 4.79 Å².